The van der Waals surface area contributed by atoms with E-state index in [0.717, 1.165) is 24.5 Å². The smallest absolute Gasteiger partial charge is 0.141 e. The van der Waals surface area contributed by atoms with Gasteiger partial charge < -0.3 is 10.2 Å². The number of halogens is 1. The number of rotatable bonds is 4. The number of piperidine rings is 1. The molecule has 2 rings (SSSR count). The molecular formula is C16H26FN3. The van der Waals surface area contributed by atoms with Crippen LogP contribution in [0.25, 0.3) is 0 Å². The molecule has 1 aromatic heterocycles. The summed E-state index contributed by atoms with van der Waals surface area (Å²) in [5.41, 5.74) is 0.958. The van der Waals surface area contributed by atoms with Crippen molar-refractivity contribution in [3.63, 3.8) is 0 Å². The fourth-order valence-electron chi connectivity index (χ4n) is 3.04. The van der Waals surface area contributed by atoms with Crippen LogP contribution in [0.4, 0.5) is 10.2 Å². The minimum atomic E-state index is -0.257. The highest BCUT2D eigenvalue weighted by Gasteiger charge is 2.24. The molecule has 1 N–H and O–H groups in total. The molecule has 0 spiro atoms. The van der Waals surface area contributed by atoms with E-state index >= 15 is 0 Å². The molecule has 2 heterocycles. The van der Waals surface area contributed by atoms with Gasteiger partial charge in [-0.2, -0.15) is 0 Å². The molecule has 3 nitrogen and oxygen atoms in total. The van der Waals surface area contributed by atoms with E-state index in [2.05, 4.69) is 42.9 Å². The van der Waals surface area contributed by atoms with Crippen LogP contribution < -0.4 is 10.2 Å². The predicted octanol–water partition coefficient (Wildman–Crippen LogP) is 3.20. The van der Waals surface area contributed by atoms with Crippen LogP contribution in [-0.4, -0.2) is 24.1 Å². The number of pyridine rings is 1. The van der Waals surface area contributed by atoms with Crippen LogP contribution in [0.3, 0.4) is 0 Å². The Labute approximate surface area is 121 Å². The zero-order valence-electron chi connectivity index (χ0n) is 13.0. The molecule has 0 aromatic carbocycles. The van der Waals surface area contributed by atoms with E-state index in [0.29, 0.717) is 24.4 Å². The lowest BCUT2D eigenvalue weighted by Gasteiger charge is -2.36. The summed E-state index contributed by atoms with van der Waals surface area (Å²) in [6, 6.07) is 1.99. The fraction of sp³-hybridized carbons (Fsp3) is 0.688. The van der Waals surface area contributed by atoms with Gasteiger partial charge in [0.05, 0.1) is 6.20 Å². The van der Waals surface area contributed by atoms with Gasteiger partial charge in [-0.25, -0.2) is 9.37 Å². The highest BCUT2D eigenvalue weighted by Crippen LogP contribution is 2.27. The molecule has 0 amide bonds. The van der Waals surface area contributed by atoms with Crippen molar-refractivity contribution in [1.29, 1.82) is 0 Å². The van der Waals surface area contributed by atoms with Crippen LogP contribution in [0.2, 0.25) is 0 Å². The summed E-state index contributed by atoms with van der Waals surface area (Å²) in [6.07, 6.45) is 2.59. The molecule has 20 heavy (non-hydrogen) atoms. The van der Waals surface area contributed by atoms with Crippen molar-refractivity contribution in [2.24, 2.45) is 11.8 Å². The van der Waals surface area contributed by atoms with Crippen molar-refractivity contribution in [2.45, 2.75) is 46.7 Å². The van der Waals surface area contributed by atoms with Crippen molar-refractivity contribution < 1.29 is 4.39 Å². The van der Waals surface area contributed by atoms with Crippen molar-refractivity contribution >= 4 is 5.82 Å². The number of aromatic nitrogens is 1. The van der Waals surface area contributed by atoms with Gasteiger partial charge in [-0.3, -0.25) is 0 Å². The van der Waals surface area contributed by atoms with Crippen LogP contribution >= 0.6 is 0 Å². The van der Waals surface area contributed by atoms with Gasteiger partial charge in [0.1, 0.15) is 11.6 Å². The Morgan fingerprint density at radius 1 is 1.35 bits per heavy atom. The monoisotopic (exact) mass is 279 g/mol. The summed E-state index contributed by atoms with van der Waals surface area (Å²) in [5.74, 6) is 2.01. The maximum atomic E-state index is 13.5. The summed E-state index contributed by atoms with van der Waals surface area (Å²) in [4.78, 5) is 6.67. The number of hydrogen-bond acceptors (Lipinski definition) is 3. The Hall–Kier alpha value is -1.16. The molecule has 4 heteroatoms. The van der Waals surface area contributed by atoms with E-state index in [-0.39, 0.29) is 5.82 Å². The Morgan fingerprint density at radius 3 is 2.60 bits per heavy atom. The van der Waals surface area contributed by atoms with Crippen LogP contribution in [0.5, 0.6) is 0 Å². The number of nitrogens with zero attached hydrogens (tertiary/aromatic N) is 2. The molecule has 112 valence electrons. The molecular weight excluding hydrogens is 253 g/mol. The predicted molar refractivity (Wildman–Crippen MR) is 81.3 cm³/mol. The summed E-state index contributed by atoms with van der Waals surface area (Å²) < 4.78 is 13.5. The first-order valence-corrected chi connectivity index (χ1v) is 7.58. The zero-order chi connectivity index (χ0) is 14.7. The largest absolute Gasteiger partial charge is 0.356 e. The van der Waals surface area contributed by atoms with Gasteiger partial charge in [0.25, 0.3) is 0 Å². The van der Waals surface area contributed by atoms with E-state index < -0.39 is 0 Å². The van der Waals surface area contributed by atoms with Crippen LogP contribution in [0, 0.1) is 17.7 Å². The quantitative estimate of drug-likeness (QED) is 0.917. The van der Waals surface area contributed by atoms with Gasteiger partial charge in [0, 0.05) is 31.2 Å². The molecule has 1 saturated heterocycles. The first-order chi connectivity index (χ1) is 9.45. The van der Waals surface area contributed by atoms with E-state index in [9.17, 15) is 4.39 Å². The third-order valence-electron chi connectivity index (χ3n) is 3.78. The number of anilines is 1. The topological polar surface area (TPSA) is 28.2 Å². The third kappa shape index (κ3) is 3.92. The normalized spacial score (nSPS) is 23.4. The minimum Gasteiger partial charge on any atom is -0.356 e. The van der Waals surface area contributed by atoms with E-state index in [4.69, 9.17) is 0 Å². The van der Waals surface area contributed by atoms with E-state index in [1.165, 1.54) is 12.6 Å². The van der Waals surface area contributed by atoms with Crippen molar-refractivity contribution in [2.75, 3.05) is 18.0 Å². The Balaban J connectivity index is 2.21. The molecule has 1 aliphatic heterocycles. The fourth-order valence-corrected chi connectivity index (χ4v) is 3.04. The second-order valence-electron chi connectivity index (χ2n) is 6.52. The lowest BCUT2D eigenvalue weighted by Crippen LogP contribution is -2.40. The van der Waals surface area contributed by atoms with E-state index in [1.807, 2.05) is 0 Å². The molecule has 1 aliphatic rings. The summed E-state index contributed by atoms with van der Waals surface area (Å²) >= 11 is 0. The van der Waals surface area contributed by atoms with Gasteiger partial charge in [0.2, 0.25) is 0 Å². The zero-order valence-corrected chi connectivity index (χ0v) is 13.0. The second kappa shape index (κ2) is 6.53. The van der Waals surface area contributed by atoms with Crippen molar-refractivity contribution in [1.82, 2.24) is 10.3 Å². The first kappa shape index (κ1) is 15.2. The van der Waals surface area contributed by atoms with Gasteiger partial charge >= 0.3 is 0 Å². The van der Waals surface area contributed by atoms with Gasteiger partial charge in [0.15, 0.2) is 0 Å². The van der Waals surface area contributed by atoms with Crippen molar-refractivity contribution in [3.05, 3.63) is 23.6 Å². The van der Waals surface area contributed by atoms with Crippen LogP contribution in [-0.2, 0) is 6.54 Å². The number of hydrogen-bond donors (Lipinski definition) is 1. The molecule has 2 atom stereocenters. The standard InChI is InChI=1S/C16H26FN3/c1-11(2)18-7-14-6-15(17)8-19-16(14)20-9-12(3)5-13(4)10-20/h6,8,11-13,18H,5,7,9-10H2,1-4H3. The van der Waals surface area contributed by atoms with Gasteiger partial charge in [-0.05, 0) is 24.3 Å². The maximum Gasteiger partial charge on any atom is 0.141 e. The Kier molecular flexibility index (Phi) is 4.97. The summed E-state index contributed by atoms with van der Waals surface area (Å²) in [6.45, 7) is 11.4. The molecule has 0 saturated carbocycles. The average Bonchev–Trinajstić information content (AvgIpc) is 2.35. The average molecular weight is 279 g/mol. The first-order valence-electron chi connectivity index (χ1n) is 7.58. The van der Waals surface area contributed by atoms with Crippen LogP contribution in [0.1, 0.15) is 39.7 Å². The Morgan fingerprint density at radius 2 is 2.00 bits per heavy atom. The Bertz CT molecular complexity index is 437. The molecule has 0 bridgehead atoms. The summed E-state index contributed by atoms with van der Waals surface area (Å²) in [5, 5.41) is 3.36. The van der Waals surface area contributed by atoms with Crippen LogP contribution in [0.15, 0.2) is 12.3 Å². The van der Waals surface area contributed by atoms with E-state index in [1.54, 1.807) is 6.07 Å². The molecule has 0 aliphatic carbocycles. The van der Waals surface area contributed by atoms with Crippen molar-refractivity contribution in [3.8, 4) is 0 Å². The van der Waals surface area contributed by atoms with Gasteiger partial charge in [-0.15, -0.1) is 0 Å². The maximum absolute atomic E-state index is 13.5. The third-order valence-corrected chi connectivity index (χ3v) is 3.78. The lowest BCUT2D eigenvalue weighted by atomic mass is 9.91. The minimum absolute atomic E-state index is 0.257. The lowest BCUT2D eigenvalue weighted by molar-refractivity contribution is 0.354. The molecule has 1 fully saturated rings. The SMILES string of the molecule is CC1CC(C)CN(c2ncc(F)cc2CNC(C)C)C1. The van der Waals surface area contributed by atoms with Gasteiger partial charge in [-0.1, -0.05) is 27.7 Å². The highest BCUT2D eigenvalue weighted by atomic mass is 19.1. The summed E-state index contributed by atoms with van der Waals surface area (Å²) in [7, 11) is 0. The highest BCUT2D eigenvalue weighted by molar-refractivity contribution is 5.47. The molecule has 0 radical (unpaired) electrons. The second-order valence-corrected chi connectivity index (χ2v) is 6.52. The molecule has 1 aromatic rings. The molecule has 2 unspecified atom stereocenters. The number of nitrogens with one attached hydrogen (secondary N) is 1.